The number of esters is 1. The van der Waals surface area contributed by atoms with Gasteiger partial charge in [-0.2, -0.15) is 0 Å². The summed E-state index contributed by atoms with van der Waals surface area (Å²) in [5.74, 6) is 0.00674. The van der Waals surface area contributed by atoms with Crippen LogP contribution in [0.4, 0.5) is 0 Å². The van der Waals surface area contributed by atoms with Gasteiger partial charge in [0.2, 0.25) is 0 Å². The summed E-state index contributed by atoms with van der Waals surface area (Å²) in [7, 11) is 0. The SMILES string of the molecule is CCOC(=O)[C@H]1CCCN(CCOC(C)(C)C)C1. The molecule has 0 unspecified atom stereocenters. The van der Waals surface area contributed by atoms with E-state index in [4.69, 9.17) is 9.47 Å². The van der Waals surface area contributed by atoms with Crippen LogP contribution in [0.25, 0.3) is 0 Å². The Kier molecular flexibility index (Phi) is 6.09. The predicted octanol–water partition coefficient (Wildman–Crippen LogP) is 2.08. The Morgan fingerprint density at radius 2 is 2.11 bits per heavy atom. The Balaban J connectivity index is 2.28. The smallest absolute Gasteiger partial charge is 0.310 e. The monoisotopic (exact) mass is 257 g/mol. The summed E-state index contributed by atoms with van der Waals surface area (Å²) in [6.45, 7) is 12.0. The topological polar surface area (TPSA) is 38.8 Å². The zero-order chi connectivity index (χ0) is 13.6. The first-order valence-electron chi connectivity index (χ1n) is 6.95. The van der Waals surface area contributed by atoms with Crippen LogP contribution >= 0.6 is 0 Å². The second kappa shape index (κ2) is 7.10. The van der Waals surface area contributed by atoms with Gasteiger partial charge in [0.1, 0.15) is 0 Å². The van der Waals surface area contributed by atoms with Gasteiger partial charge in [0, 0.05) is 13.1 Å². The number of piperidine rings is 1. The minimum absolute atomic E-state index is 0.0426. The molecular weight excluding hydrogens is 230 g/mol. The van der Waals surface area contributed by atoms with E-state index in [1.54, 1.807) is 0 Å². The fourth-order valence-corrected chi connectivity index (χ4v) is 2.19. The molecule has 0 bridgehead atoms. The first-order chi connectivity index (χ1) is 8.42. The molecule has 0 amide bonds. The van der Waals surface area contributed by atoms with Gasteiger partial charge in [-0.05, 0) is 47.1 Å². The Hall–Kier alpha value is -0.610. The number of hydrogen-bond donors (Lipinski definition) is 0. The van der Waals surface area contributed by atoms with Crippen molar-refractivity contribution in [1.29, 1.82) is 0 Å². The largest absolute Gasteiger partial charge is 0.466 e. The van der Waals surface area contributed by atoms with Crippen LogP contribution in [-0.4, -0.2) is 49.3 Å². The van der Waals surface area contributed by atoms with Crippen molar-refractivity contribution in [3.8, 4) is 0 Å². The van der Waals surface area contributed by atoms with Crippen LogP contribution < -0.4 is 0 Å². The quantitative estimate of drug-likeness (QED) is 0.707. The third-order valence-corrected chi connectivity index (χ3v) is 3.07. The van der Waals surface area contributed by atoms with Crippen molar-refractivity contribution in [3.05, 3.63) is 0 Å². The van der Waals surface area contributed by atoms with Crippen molar-refractivity contribution in [2.75, 3.05) is 32.8 Å². The van der Waals surface area contributed by atoms with Gasteiger partial charge in [-0.1, -0.05) is 0 Å². The van der Waals surface area contributed by atoms with Gasteiger partial charge in [0.15, 0.2) is 0 Å². The van der Waals surface area contributed by atoms with Crippen LogP contribution in [0.15, 0.2) is 0 Å². The molecule has 0 aliphatic carbocycles. The third kappa shape index (κ3) is 5.83. The van der Waals surface area contributed by atoms with Crippen molar-refractivity contribution in [2.24, 2.45) is 5.92 Å². The van der Waals surface area contributed by atoms with Gasteiger partial charge < -0.3 is 14.4 Å². The molecule has 0 radical (unpaired) electrons. The lowest BCUT2D eigenvalue weighted by Gasteiger charge is -2.32. The molecule has 18 heavy (non-hydrogen) atoms. The summed E-state index contributed by atoms with van der Waals surface area (Å²) in [4.78, 5) is 14.0. The molecule has 1 heterocycles. The lowest BCUT2D eigenvalue weighted by molar-refractivity contribution is -0.150. The van der Waals surface area contributed by atoms with Gasteiger partial charge in [-0.25, -0.2) is 0 Å². The van der Waals surface area contributed by atoms with E-state index in [0.717, 1.165) is 39.1 Å². The summed E-state index contributed by atoms with van der Waals surface area (Å²) >= 11 is 0. The van der Waals surface area contributed by atoms with Crippen LogP contribution in [0, 0.1) is 5.92 Å². The molecule has 1 aliphatic rings. The lowest BCUT2D eigenvalue weighted by Crippen LogP contribution is -2.41. The second-order valence-electron chi connectivity index (χ2n) is 5.85. The summed E-state index contributed by atoms with van der Waals surface area (Å²) in [6.07, 6.45) is 2.02. The fraction of sp³-hybridized carbons (Fsp3) is 0.929. The Morgan fingerprint density at radius 3 is 2.72 bits per heavy atom. The average molecular weight is 257 g/mol. The van der Waals surface area contributed by atoms with Crippen LogP contribution in [0.1, 0.15) is 40.5 Å². The number of likely N-dealkylation sites (tertiary alicyclic amines) is 1. The maximum absolute atomic E-state index is 11.7. The zero-order valence-corrected chi connectivity index (χ0v) is 12.2. The molecule has 1 fully saturated rings. The van der Waals surface area contributed by atoms with Crippen molar-refractivity contribution < 1.29 is 14.3 Å². The normalized spacial score (nSPS) is 21.9. The molecule has 0 aromatic carbocycles. The first-order valence-corrected chi connectivity index (χ1v) is 6.95. The van der Waals surface area contributed by atoms with E-state index in [2.05, 4.69) is 25.7 Å². The standard InChI is InChI=1S/C14H27NO3/c1-5-17-13(16)12-7-6-8-15(11-12)9-10-18-14(2,3)4/h12H,5-11H2,1-4H3/t12-/m0/s1. The highest BCUT2D eigenvalue weighted by molar-refractivity contribution is 5.72. The van der Waals surface area contributed by atoms with E-state index in [9.17, 15) is 4.79 Å². The van der Waals surface area contributed by atoms with Gasteiger partial charge in [-0.15, -0.1) is 0 Å². The van der Waals surface area contributed by atoms with Crippen molar-refractivity contribution in [1.82, 2.24) is 4.90 Å². The number of carbonyl (C=O) groups excluding carboxylic acids is 1. The first kappa shape index (κ1) is 15.4. The van der Waals surface area contributed by atoms with Crippen molar-refractivity contribution >= 4 is 5.97 Å². The number of ether oxygens (including phenoxy) is 2. The van der Waals surface area contributed by atoms with E-state index in [1.165, 1.54) is 0 Å². The molecule has 0 spiro atoms. The van der Waals surface area contributed by atoms with E-state index >= 15 is 0 Å². The van der Waals surface area contributed by atoms with Crippen LogP contribution in [-0.2, 0) is 14.3 Å². The highest BCUT2D eigenvalue weighted by Gasteiger charge is 2.26. The highest BCUT2D eigenvalue weighted by Crippen LogP contribution is 2.18. The Labute approximate surface area is 111 Å². The number of carbonyl (C=O) groups is 1. The number of rotatable bonds is 5. The van der Waals surface area contributed by atoms with E-state index in [0.29, 0.717) is 6.61 Å². The van der Waals surface area contributed by atoms with Gasteiger partial charge in [-0.3, -0.25) is 4.79 Å². The van der Waals surface area contributed by atoms with Crippen LogP contribution in [0.3, 0.4) is 0 Å². The molecule has 1 atom stereocenters. The molecule has 1 saturated heterocycles. The molecule has 1 aliphatic heterocycles. The van der Waals surface area contributed by atoms with E-state index in [1.807, 2.05) is 6.92 Å². The summed E-state index contributed by atoms with van der Waals surface area (Å²) < 4.78 is 10.8. The summed E-state index contributed by atoms with van der Waals surface area (Å²) in [5.41, 5.74) is -0.0870. The fourth-order valence-electron chi connectivity index (χ4n) is 2.19. The van der Waals surface area contributed by atoms with E-state index in [-0.39, 0.29) is 17.5 Å². The minimum atomic E-state index is -0.0870. The minimum Gasteiger partial charge on any atom is -0.466 e. The van der Waals surface area contributed by atoms with Crippen molar-refractivity contribution in [2.45, 2.75) is 46.1 Å². The van der Waals surface area contributed by atoms with Crippen molar-refractivity contribution in [3.63, 3.8) is 0 Å². The molecule has 4 nitrogen and oxygen atoms in total. The molecular formula is C14H27NO3. The number of nitrogens with zero attached hydrogens (tertiary/aromatic N) is 1. The maximum atomic E-state index is 11.7. The van der Waals surface area contributed by atoms with Gasteiger partial charge in [0.25, 0.3) is 0 Å². The maximum Gasteiger partial charge on any atom is 0.310 e. The third-order valence-electron chi connectivity index (χ3n) is 3.07. The average Bonchev–Trinajstić information content (AvgIpc) is 2.28. The second-order valence-corrected chi connectivity index (χ2v) is 5.85. The Morgan fingerprint density at radius 1 is 1.39 bits per heavy atom. The Bertz CT molecular complexity index is 260. The molecule has 0 aromatic heterocycles. The molecule has 0 N–H and O–H groups in total. The highest BCUT2D eigenvalue weighted by atomic mass is 16.5. The zero-order valence-electron chi connectivity index (χ0n) is 12.2. The van der Waals surface area contributed by atoms with E-state index < -0.39 is 0 Å². The van der Waals surface area contributed by atoms with Gasteiger partial charge >= 0.3 is 5.97 Å². The lowest BCUT2D eigenvalue weighted by atomic mass is 9.98. The van der Waals surface area contributed by atoms with Crippen LogP contribution in [0.2, 0.25) is 0 Å². The molecule has 1 rings (SSSR count). The summed E-state index contributed by atoms with van der Waals surface area (Å²) in [5, 5.41) is 0. The molecule has 4 heteroatoms. The van der Waals surface area contributed by atoms with Gasteiger partial charge in [0.05, 0.1) is 24.7 Å². The van der Waals surface area contributed by atoms with Crippen LogP contribution in [0.5, 0.6) is 0 Å². The predicted molar refractivity (Wildman–Crippen MR) is 71.5 cm³/mol. The molecule has 106 valence electrons. The molecule has 0 saturated carbocycles. The summed E-state index contributed by atoms with van der Waals surface area (Å²) in [6, 6.07) is 0. The molecule has 0 aromatic rings. The number of hydrogen-bond acceptors (Lipinski definition) is 4.